The minimum absolute atomic E-state index is 0.488. The van der Waals surface area contributed by atoms with Crippen molar-refractivity contribution in [2.75, 3.05) is 18.8 Å². The van der Waals surface area contributed by atoms with Crippen LogP contribution in [0.4, 0.5) is 5.95 Å². The van der Waals surface area contributed by atoms with E-state index in [4.69, 9.17) is 18.0 Å². The molecule has 3 N–H and O–H groups in total. The summed E-state index contributed by atoms with van der Waals surface area (Å²) in [6.45, 7) is 5.52. The number of likely N-dealkylation sites (tertiary alicyclic amines) is 1. The summed E-state index contributed by atoms with van der Waals surface area (Å²) in [5.74, 6) is 0.488. The fourth-order valence-corrected chi connectivity index (χ4v) is 2.70. The van der Waals surface area contributed by atoms with E-state index in [1.54, 1.807) is 0 Å². The number of nitrogen functional groups attached to an aromatic ring is 1. The van der Waals surface area contributed by atoms with Crippen molar-refractivity contribution in [1.82, 2.24) is 19.7 Å². The van der Waals surface area contributed by atoms with Crippen LogP contribution in [0, 0.1) is 4.77 Å². The number of nitrogens with two attached hydrogens (primary N) is 1. The summed E-state index contributed by atoms with van der Waals surface area (Å²) in [4.78, 5) is 2.56. The van der Waals surface area contributed by atoms with E-state index in [0.717, 1.165) is 25.6 Å². The van der Waals surface area contributed by atoms with Crippen LogP contribution in [0.3, 0.4) is 0 Å². The van der Waals surface area contributed by atoms with Crippen LogP contribution in [-0.2, 0) is 6.54 Å². The maximum absolute atomic E-state index is 5.73. The summed E-state index contributed by atoms with van der Waals surface area (Å²) in [6.07, 6.45) is 5.10. The van der Waals surface area contributed by atoms with Gasteiger partial charge in [-0.25, -0.2) is 5.10 Å². The van der Waals surface area contributed by atoms with Gasteiger partial charge >= 0.3 is 0 Å². The zero-order valence-electron chi connectivity index (χ0n) is 10.4. The number of nitrogens with zero attached hydrogens (tertiary/aromatic N) is 3. The number of rotatable bonds is 4. The summed E-state index contributed by atoms with van der Waals surface area (Å²) in [7, 11) is 0. The van der Waals surface area contributed by atoms with E-state index in [9.17, 15) is 0 Å². The molecule has 2 heterocycles. The molecule has 2 rings (SSSR count). The van der Waals surface area contributed by atoms with Gasteiger partial charge in [0, 0.05) is 19.1 Å². The molecular formula is C11H21N5S. The van der Waals surface area contributed by atoms with Crippen molar-refractivity contribution in [2.45, 2.75) is 45.2 Å². The summed E-state index contributed by atoms with van der Waals surface area (Å²) >= 11 is 5.12. The molecule has 0 amide bonds. The minimum atomic E-state index is 0.488. The molecule has 1 aliphatic heterocycles. The molecule has 1 aromatic rings. The van der Waals surface area contributed by atoms with Crippen molar-refractivity contribution in [3.05, 3.63) is 4.77 Å². The summed E-state index contributed by atoms with van der Waals surface area (Å²) < 4.78 is 2.48. The molecule has 0 spiro atoms. The highest BCUT2D eigenvalue weighted by molar-refractivity contribution is 7.71. The molecule has 96 valence electrons. The van der Waals surface area contributed by atoms with Gasteiger partial charge in [0.05, 0.1) is 0 Å². The zero-order valence-corrected chi connectivity index (χ0v) is 11.2. The first-order chi connectivity index (χ1) is 8.18. The molecule has 5 nitrogen and oxygen atoms in total. The van der Waals surface area contributed by atoms with E-state index < -0.39 is 0 Å². The van der Waals surface area contributed by atoms with E-state index in [1.807, 2.05) is 4.57 Å². The van der Waals surface area contributed by atoms with E-state index >= 15 is 0 Å². The van der Waals surface area contributed by atoms with Gasteiger partial charge < -0.3 is 10.6 Å². The maximum Gasteiger partial charge on any atom is 0.220 e. The zero-order chi connectivity index (χ0) is 12.3. The van der Waals surface area contributed by atoms with E-state index in [0.29, 0.717) is 10.7 Å². The molecule has 1 atom stereocenters. The largest absolute Gasteiger partial charge is 0.368 e. The normalized spacial score (nSPS) is 21.8. The van der Waals surface area contributed by atoms with E-state index in [1.165, 1.54) is 25.8 Å². The third-order valence-corrected chi connectivity index (χ3v) is 3.87. The first kappa shape index (κ1) is 12.6. The van der Waals surface area contributed by atoms with Gasteiger partial charge in [-0.2, -0.15) is 0 Å². The third-order valence-electron chi connectivity index (χ3n) is 3.56. The van der Waals surface area contributed by atoms with Crippen LogP contribution in [-0.4, -0.2) is 38.8 Å². The fraction of sp³-hybridized carbons (Fsp3) is 0.818. The lowest BCUT2D eigenvalue weighted by Crippen LogP contribution is -2.38. The van der Waals surface area contributed by atoms with Crippen molar-refractivity contribution in [2.24, 2.45) is 0 Å². The Balaban J connectivity index is 1.81. The Morgan fingerprint density at radius 1 is 1.47 bits per heavy atom. The maximum atomic E-state index is 5.73. The Morgan fingerprint density at radius 3 is 2.94 bits per heavy atom. The van der Waals surface area contributed by atoms with Crippen LogP contribution in [0.2, 0.25) is 0 Å². The molecule has 17 heavy (non-hydrogen) atoms. The first-order valence-electron chi connectivity index (χ1n) is 6.33. The third kappa shape index (κ3) is 3.07. The molecule has 0 saturated carbocycles. The molecule has 1 aromatic heterocycles. The summed E-state index contributed by atoms with van der Waals surface area (Å²) in [6, 6.07) is 0.721. The molecule has 0 bridgehead atoms. The number of aromatic amines is 1. The van der Waals surface area contributed by atoms with E-state index in [-0.39, 0.29) is 0 Å². The highest BCUT2D eigenvalue weighted by Gasteiger charge is 2.17. The number of piperidine rings is 1. The lowest BCUT2D eigenvalue weighted by Gasteiger charge is -2.33. The van der Waals surface area contributed by atoms with Crippen LogP contribution < -0.4 is 5.73 Å². The highest BCUT2D eigenvalue weighted by Crippen LogP contribution is 2.16. The van der Waals surface area contributed by atoms with Crippen LogP contribution in [0.1, 0.15) is 32.6 Å². The second-order valence-corrected chi connectivity index (χ2v) is 5.16. The smallest absolute Gasteiger partial charge is 0.220 e. The second kappa shape index (κ2) is 5.64. The van der Waals surface area contributed by atoms with Crippen LogP contribution in [0.5, 0.6) is 0 Å². The van der Waals surface area contributed by atoms with Gasteiger partial charge in [-0.1, -0.05) is 6.42 Å². The molecule has 0 aliphatic carbocycles. The molecule has 1 unspecified atom stereocenters. The van der Waals surface area contributed by atoms with Crippen molar-refractivity contribution < 1.29 is 0 Å². The van der Waals surface area contributed by atoms with E-state index in [2.05, 4.69) is 22.0 Å². The quantitative estimate of drug-likeness (QED) is 0.805. The Kier molecular flexibility index (Phi) is 4.17. The van der Waals surface area contributed by atoms with Gasteiger partial charge in [0.15, 0.2) is 4.77 Å². The Morgan fingerprint density at radius 2 is 2.29 bits per heavy atom. The predicted octanol–water partition coefficient (Wildman–Crippen LogP) is 1.79. The van der Waals surface area contributed by atoms with Crippen LogP contribution in [0.15, 0.2) is 0 Å². The average Bonchev–Trinajstić information content (AvgIpc) is 2.63. The van der Waals surface area contributed by atoms with Gasteiger partial charge in [0.1, 0.15) is 0 Å². The Labute approximate surface area is 107 Å². The van der Waals surface area contributed by atoms with Gasteiger partial charge in [0.25, 0.3) is 0 Å². The molecular weight excluding hydrogens is 234 g/mol. The molecule has 1 aliphatic rings. The average molecular weight is 255 g/mol. The SMILES string of the molecule is CC1CCCCN1CCCn1c(N)n[nH]c1=S. The van der Waals surface area contributed by atoms with Gasteiger partial charge in [-0.05, 0) is 44.9 Å². The number of nitrogens with one attached hydrogen (secondary N) is 1. The van der Waals surface area contributed by atoms with Gasteiger partial charge in [-0.3, -0.25) is 4.57 Å². The number of anilines is 1. The fourth-order valence-electron chi connectivity index (χ4n) is 2.47. The summed E-state index contributed by atoms with van der Waals surface area (Å²) in [5.41, 5.74) is 5.73. The molecule has 0 radical (unpaired) electrons. The molecule has 1 saturated heterocycles. The number of hydrogen-bond acceptors (Lipinski definition) is 4. The molecule has 0 aromatic carbocycles. The van der Waals surface area contributed by atoms with Gasteiger partial charge in [0.2, 0.25) is 5.95 Å². The Hall–Kier alpha value is -0.880. The monoisotopic (exact) mass is 255 g/mol. The number of H-pyrrole nitrogens is 1. The Bertz CT molecular complexity index is 410. The van der Waals surface area contributed by atoms with Gasteiger partial charge in [-0.15, -0.1) is 5.10 Å². The topological polar surface area (TPSA) is 62.9 Å². The minimum Gasteiger partial charge on any atom is -0.368 e. The number of hydrogen-bond donors (Lipinski definition) is 2. The van der Waals surface area contributed by atoms with Crippen LogP contribution in [0.25, 0.3) is 0 Å². The lowest BCUT2D eigenvalue weighted by molar-refractivity contribution is 0.157. The standard InChI is InChI=1S/C11H21N5S/c1-9-5-2-3-6-15(9)7-4-8-16-10(12)13-14-11(16)17/h9H,2-8H2,1H3,(H2,12,13)(H,14,17). The molecule has 1 fully saturated rings. The lowest BCUT2D eigenvalue weighted by atomic mass is 10.0. The first-order valence-corrected chi connectivity index (χ1v) is 6.74. The molecule has 6 heteroatoms. The summed E-state index contributed by atoms with van der Waals surface area (Å²) in [5, 5.41) is 6.62. The van der Waals surface area contributed by atoms with Crippen molar-refractivity contribution in [3.63, 3.8) is 0 Å². The van der Waals surface area contributed by atoms with Crippen molar-refractivity contribution in [1.29, 1.82) is 0 Å². The van der Waals surface area contributed by atoms with Crippen molar-refractivity contribution >= 4 is 18.2 Å². The predicted molar refractivity (Wildman–Crippen MR) is 71.3 cm³/mol. The van der Waals surface area contributed by atoms with Crippen molar-refractivity contribution in [3.8, 4) is 0 Å². The van der Waals surface area contributed by atoms with Crippen LogP contribution >= 0.6 is 12.2 Å². The number of aromatic nitrogens is 3. The second-order valence-electron chi connectivity index (χ2n) is 4.77. The highest BCUT2D eigenvalue weighted by atomic mass is 32.1.